The molecular formula is C15H20N4O3S2. The van der Waals surface area contributed by atoms with E-state index in [1.54, 1.807) is 0 Å². The van der Waals surface area contributed by atoms with Crippen LogP contribution in [0.5, 0.6) is 0 Å². The number of carbonyl (C=O) groups excluding carboxylic acids is 1. The number of benzene rings is 1. The third-order valence-corrected chi connectivity index (χ3v) is 5.97. The molecule has 1 amide bonds. The highest BCUT2D eigenvalue weighted by Crippen LogP contribution is 2.29. The van der Waals surface area contributed by atoms with E-state index in [1.165, 1.54) is 42.5 Å². The minimum Gasteiger partial charge on any atom is -0.326 e. The molecule has 7 nitrogen and oxygen atoms in total. The average Bonchev–Trinajstić information content (AvgIpc) is 2.96. The van der Waals surface area contributed by atoms with Gasteiger partial charge in [0.25, 0.3) is 10.0 Å². The third-order valence-electron chi connectivity index (χ3n) is 3.48. The summed E-state index contributed by atoms with van der Waals surface area (Å²) in [6.07, 6.45) is 1.87. The van der Waals surface area contributed by atoms with Gasteiger partial charge < -0.3 is 5.32 Å². The molecule has 0 saturated carbocycles. The van der Waals surface area contributed by atoms with Crippen molar-refractivity contribution in [2.75, 3.05) is 10.0 Å². The van der Waals surface area contributed by atoms with Gasteiger partial charge in [0.2, 0.25) is 11.0 Å². The van der Waals surface area contributed by atoms with Crippen molar-refractivity contribution < 1.29 is 13.2 Å². The van der Waals surface area contributed by atoms with Crippen LogP contribution in [0.3, 0.4) is 0 Å². The molecule has 1 heterocycles. The van der Waals surface area contributed by atoms with Crippen LogP contribution in [0.15, 0.2) is 29.2 Å². The molecule has 0 bridgehead atoms. The van der Waals surface area contributed by atoms with Crippen molar-refractivity contribution >= 4 is 38.1 Å². The van der Waals surface area contributed by atoms with Gasteiger partial charge in [0.15, 0.2) is 0 Å². The summed E-state index contributed by atoms with van der Waals surface area (Å²) in [5.41, 5.74) is 0.536. The summed E-state index contributed by atoms with van der Waals surface area (Å²) in [6.45, 7) is 5.52. The molecule has 0 fully saturated rings. The Bertz CT molecular complexity index is 796. The number of sulfonamides is 1. The van der Waals surface area contributed by atoms with E-state index in [2.05, 4.69) is 34.1 Å². The van der Waals surface area contributed by atoms with Gasteiger partial charge in [0.1, 0.15) is 5.01 Å². The Balaban J connectivity index is 2.15. The van der Waals surface area contributed by atoms with Crippen LogP contribution in [-0.4, -0.2) is 24.5 Å². The van der Waals surface area contributed by atoms with E-state index >= 15 is 0 Å². The topological polar surface area (TPSA) is 101 Å². The second-order valence-electron chi connectivity index (χ2n) is 5.27. The second-order valence-corrected chi connectivity index (χ2v) is 7.96. The molecule has 0 radical (unpaired) electrons. The quantitative estimate of drug-likeness (QED) is 0.781. The Morgan fingerprint density at radius 1 is 1.17 bits per heavy atom. The number of nitrogens with zero attached hydrogens (tertiary/aromatic N) is 2. The monoisotopic (exact) mass is 368 g/mol. The van der Waals surface area contributed by atoms with E-state index in [-0.39, 0.29) is 21.9 Å². The molecule has 2 rings (SSSR count). The first-order chi connectivity index (χ1) is 11.4. The molecule has 1 aromatic heterocycles. The van der Waals surface area contributed by atoms with E-state index in [1.807, 2.05) is 0 Å². The van der Waals surface area contributed by atoms with Gasteiger partial charge in [-0.3, -0.25) is 9.52 Å². The van der Waals surface area contributed by atoms with Crippen molar-refractivity contribution in [3.63, 3.8) is 0 Å². The summed E-state index contributed by atoms with van der Waals surface area (Å²) in [6, 6.07) is 5.92. The summed E-state index contributed by atoms with van der Waals surface area (Å²) >= 11 is 1.25. The van der Waals surface area contributed by atoms with E-state index in [0.717, 1.165) is 17.8 Å². The van der Waals surface area contributed by atoms with Crippen molar-refractivity contribution in [1.29, 1.82) is 0 Å². The van der Waals surface area contributed by atoms with Crippen LogP contribution >= 0.6 is 11.3 Å². The molecule has 9 heteroatoms. The number of nitrogens with one attached hydrogen (secondary N) is 2. The Hall–Kier alpha value is -2.00. The minimum atomic E-state index is -3.74. The predicted molar refractivity (Wildman–Crippen MR) is 94.8 cm³/mol. The summed E-state index contributed by atoms with van der Waals surface area (Å²) in [5, 5.41) is 11.7. The lowest BCUT2D eigenvalue weighted by atomic mass is 10.1. The Kier molecular flexibility index (Phi) is 5.89. The lowest BCUT2D eigenvalue weighted by Gasteiger charge is -2.07. The fourth-order valence-corrected chi connectivity index (χ4v) is 4.41. The second kappa shape index (κ2) is 7.71. The van der Waals surface area contributed by atoms with Crippen molar-refractivity contribution in [2.45, 2.75) is 44.4 Å². The zero-order chi connectivity index (χ0) is 17.7. The summed E-state index contributed by atoms with van der Waals surface area (Å²) in [4.78, 5) is 11.1. The van der Waals surface area contributed by atoms with Crippen LogP contribution in [-0.2, 0) is 14.8 Å². The summed E-state index contributed by atoms with van der Waals surface area (Å²) < 4.78 is 27.2. The fourth-order valence-electron chi connectivity index (χ4n) is 2.17. The van der Waals surface area contributed by atoms with Gasteiger partial charge in [-0.1, -0.05) is 25.2 Å². The van der Waals surface area contributed by atoms with Crippen molar-refractivity contribution in [1.82, 2.24) is 10.2 Å². The van der Waals surface area contributed by atoms with Crippen LogP contribution in [0.2, 0.25) is 0 Å². The van der Waals surface area contributed by atoms with Crippen LogP contribution in [0, 0.1) is 0 Å². The standard InChI is InChI=1S/C15H20N4O3S2/c1-4-11(5-2)14-17-18-15(23-14)19-24(21,22)13-8-6-12(7-9-13)16-10(3)20/h6-9,11H,4-5H2,1-3H3,(H,16,20)(H,18,19). The molecule has 130 valence electrons. The van der Waals surface area contributed by atoms with Gasteiger partial charge in [0, 0.05) is 18.5 Å². The van der Waals surface area contributed by atoms with Crippen LogP contribution < -0.4 is 10.0 Å². The number of aromatic nitrogens is 2. The first-order valence-electron chi connectivity index (χ1n) is 7.59. The normalized spacial score (nSPS) is 11.5. The Labute approximate surface area is 145 Å². The Morgan fingerprint density at radius 3 is 2.33 bits per heavy atom. The first kappa shape index (κ1) is 18.3. The number of amides is 1. The zero-order valence-corrected chi connectivity index (χ0v) is 15.4. The van der Waals surface area contributed by atoms with Crippen molar-refractivity contribution in [2.24, 2.45) is 0 Å². The molecule has 0 aliphatic carbocycles. The van der Waals surface area contributed by atoms with Gasteiger partial charge in [-0.15, -0.1) is 10.2 Å². The number of hydrogen-bond acceptors (Lipinski definition) is 6. The van der Waals surface area contributed by atoms with Gasteiger partial charge in [-0.2, -0.15) is 0 Å². The van der Waals surface area contributed by atoms with Crippen LogP contribution in [0.1, 0.15) is 44.5 Å². The summed E-state index contributed by atoms with van der Waals surface area (Å²) in [5.74, 6) is 0.0733. The van der Waals surface area contributed by atoms with E-state index in [9.17, 15) is 13.2 Å². The zero-order valence-electron chi connectivity index (χ0n) is 13.7. The molecule has 0 spiro atoms. The smallest absolute Gasteiger partial charge is 0.263 e. The largest absolute Gasteiger partial charge is 0.326 e. The maximum atomic E-state index is 12.4. The molecular weight excluding hydrogens is 348 g/mol. The highest BCUT2D eigenvalue weighted by atomic mass is 32.2. The van der Waals surface area contributed by atoms with Crippen LogP contribution in [0.4, 0.5) is 10.8 Å². The lowest BCUT2D eigenvalue weighted by Crippen LogP contribution is -2.13. The maximum Gasteiger partial charge on any atom is 0.263 e. The van der Waals surface area contributed by atoms with Crippen LogP contribution in [0.25, 0.3) is 0 Å². The van der Waals surface area contributed by atoms with Crippen molar-refractivity contribution in [3.8, 4) is 0 Å². The van der Waals surface area contributed by atoms with E-state index < -0.39 is 10.0 Å². The van der Waals surface area contributed by atoms with E-state index in [4.69, 9.17) is 0 Å². The Morgan fingerprint density at radius 2 is 1.79 bits per heavy atom. The summed E-state index contributed by atoms with van der Waals surface area (Å²) in [7, 11) is -3.74. The average molecular weight is 368 g/mol. The fraction of sp³-hybridized carbons (Fsp3) is 0.400. The third kappa shape index (κ3) is 4.51. The molecule has 2 aromatic rings. The molecule has 0 atom stereocenters. The van der Waals surface area contributed by atoms with E-state index in [0.29, 0.717) is 5.69 Å². The van der Waals surface area contributed by atoms with Crippen molar-refractivity contribution in [3.05, 3.63) is 29.3 Å². The SMILES string of the molecule is CCC(CC)c1nnc(NS(=O)(=O)c2ccc(NC(C)=O)cc2)s1. The predicted octanol–water partition coefficient (Wildman–Crippen LogP) is 3.20. The molecule has 2 N–H and O–H groups in total. The molecule has 0 saturated heterocycles. The number of rotatable bonds is 7. The van der Waals surface area contributed by atoms with Gasteiger partial charge in [-0.05, 0) is 37.1 Å². The molecule has 0 unspecified atom stereocenters. The van der Waals surface area contributed by atoms with Gasteiger partial charge >= 0.3 is 0 Å². The molecule has 0 aliphatic rings. The first-order valence-corrected chi connectivity index (χ1v) is 9.89. The highest BCUT2D eigenvalue weighted by molar-refractivity contribution is 7.93. The van der Waals surface area contributed by atoms with Gasteiger partial charge in [0.05, 0.1) is 4.90 Å². The molecule has 0 aliphatic heterocycles. The van der Waals surface area contributed by atoms with Gasteiger partial charge in [-0.25, -0.2) is 8.42 Å². The number of carbonyl (C=O) groups is 1. The number of hydrogen-bond donors (Lipinski definition) is 2. The highest BCUT2D eigenvalue weighted by Gasteiger charge is 2.19. The molecule has 1 aromatic carbocycles. The minimum absolute atomic E-state index is 0.0934. The molecule has 24 heavy (non-hydrogen) atoms. The lowest BCUT2D eigenvalue weighted by molar-refractivity contribution is -0.114. The maximum absolute atomic E-state index is 12.4. The number of anilines is 2.